The van der Waals surface area contributed by atoms with E-state index < -0.39 is 6.61 Å². The van der Waals surface area contributed by atoms with Gasteiger partial charge in [0.05, 0.1) is 5.69 Å². The Bertz CT molecular complexity index is 1150. The lowest BCUT2D eigenvalue weighted by molar-refractivity contribution is -0.140. The topological polar surface area (TPSA) is 101 Å². The van der Waals surface area contributed by atoms with Gasteiger partial charge in [0.2, 0.25) is 11.8 Å². The second-order valence-electron chi connectivity index (χ2n) is 9.52. The predicted octanol–water partition coefficient (Wildman–Crippen LogP) is 1.99. The van der Waals surface area contributed by atoms with Crippen molar-refractivity contribution in [1.82, 2.24) is 29.7 Å². The van der Waals surface area contributed by atoms with Crippen LogP contribution < -0.4 is 0 Å². The van der Waals surface area contributed by atoms with Crippen molar-refractivity contribution in [3.63, 3.8) is 0 Å². The van der Waals surface area contributed by atoms with E-state index in [4.69, 9.17) is 9.63 Å². The summed E-state index contributed by atoms with van der Waals surface area (Å²) in [5.41, 5.74) is 1.17. The van der Waals surface area contributed by atoms with E-state index in [1.807, 2.05) is 19.9 Å². The van der Waals surface area contributed by atoms with Crippen molar-refractivity contribution in [3.05, 3.63) is 35.6 Å². The number of fused-ring (bicyclic) bond motifs is 1. The molecule has 2 fully saturated rings. The molecule has 0 radical (unpaired) electrons. The van der Waals surface area contributed by atoms with Crippen LogP contribution in [0.25, 0.3) is 16.9 Å². The highest BCUT2D eigenvalue weighted by Crippen LogP contribution is 2.29. The molecule has 9 nitrogen and oxygen atoms in total. The van der Waals surface area contributed by atoms with Crippen LogP contribution in [0.1, 0.15) is 37.8 Å². The van der Waals surface area contributed by atoms with Gasteiger partial charge in [-0.15, -0.1) is 0 Å². The first-order chi connectivity index (χ1) is 15.9. The van der Waals surface area contributed by atoms with Gasteiger partial charge < -0.3 is 19.4 Å². The molecule has 0 bridgehead atoms. The quantitative estimate of drug-likeness (QED) is 0.580. The molecule has 1 aromatic carbocycles. The highest BCUT2D eigenvalue weighted by molar-refractivity contribution is 5.84. The molecule has 10 heteroatoms. The number of para-hydroxylation sites is 1. The van der Waals surface area contributed by atoms with Crippen LogP contribution in [0, 0.1) is 17.7 Å². The van der Waals surface area contributed by atoms with Crippen LogP contribution in [-0.4, -0.2) is 80.1 Å². The number of aliphatic hydroxyl groups is 1. The summed E-state index contributed by atoms with van der Waals surface area (Å²) in [7, 11) is 0. The van der Waals surface area contributed by atoms with Crippen molar-refractivity contribution in [2.75, 3.05) is 39.3 Å². The smallest absolute Gasteiger partial charge is 0.291 e. The molecule has 176 valence electrons. The monoisotopic (exact) mass is 456 g/mol. The van der Waals surface area contributed by atoms with Gasteiger partial charge in [0, 0.05) is 43.9 Å². The van der Waals surface area contributed by atoms with Gasteiger partial charge in [0.15, 0.2) is 0 Å². The molecule has 3 aromatic rings. The van der Waals surface area contributed by atoms with Gasteiger partial charge in [0.25, 0.3) is 5.95 Å². The Morgan fingerprint density at radius 3 is 2.85 bits per heavy atom. The number of hydrogen-bond donors (Lipinski definition) is 1. The standard InChI is InChI=1S/C23H29FN6O3/c1-14(2)21-17-4-3-5-18(24)22(17)30(26-21)23-25-19(33-27-23)8-15-6-7-28(9-15)10-16-11-29(12-16)20(32)13-31/h3-5,14-16,31H,6-13H2,1-2H3. The number of rotatable bonds is 7. The summed E-state index contributed by atoms with van der Waals surface area (Å²) >= 11 is 0. The third-order valence-electron chi connectivity index (χ3n) is 6.67. The molecule has 1 unspecified atom stereocenters. The molecule has 0 aliphatic carbocycles. The molecule has 2 aliphatic rings. The number of carbonyl (C=O) groups is 1. The number of nitrogens with zero attached hydrogens (tertiary/aromatic N) is 6. The fraction of sp³-hybridized carbons (Fsp3) is 0.565. The van der Waals surface area contributed by atoms with Crippen LogP contribution in [0.3, 0.4) is 0 Å². The van der Waals surface area contributed by atoms with E-state index in [1.165, 1.54) is 10.7 Å². The maximum Gasteiger partial charge on any atom is 0.291 e. The average molecular weight is 457 g/mol. The van der Waals surface area contributed by atoms with Gasteiger partial charge in [-0.2, -0.15) is 14.8 Å². The minimum absolute atomic E-state index is 0.135. The molecule has 1 amide bonds. The first kappa shape index (κ1) is 22.0. The highest BCUT2D eigenvalue weighted by Gasteiger charge is 2.34. The Morgan fingerprint density at radius 1 is 1.27 bits per heavy atom. The van der Waals surface area contributed by atoms with Gasteiger partial charge in [0.1, 0.15) is 17.9 Å². The summed E-state index contributed by atoms with van der Waals surface area (Å²) in [4.78, 5) is 20.1. The van der Waals surface area contributed by atoms with E-state index in [2.05, 4.69) is 20.1 Å². The van der Waals surface area contributed by atoms with E-state index in [1.54, 1.807) is 11.0 Å². The van der Waals surface area contributed by atoms with E-state index in [0.717, 1.165) is 50.2 Å². The first-order valence-corrected chi connectivity index (χ1v) is 11.5. The van der Waals surface area contributed by atoms with Crippen LogP contribution in [0.2, 0.25) is 0 Å². The van der Waals surface area contributed by atoms with E-state index in [-0.39, 0.29) is 23.6 Å². The molecule has 5 rings (SSSR count). The zero-order valence-electron chi connectivity index (χ0n) is 18.9. The van der Waals surface area contributed by atoms with Gasteiger partial charge >= 0.3 is 0 Å². The van der Waals surface area contributed by atoms with Crippen molar-refractivity contribution >= 4 is 16.8 Å². The molecule has 0 saturated carbocycles. The summed E-state index contributed by atoms with van der Waals surface area (Å²) in [5.74, 6) is 1.24. The molecule has 4 heterocycles. The Kier molecular flexibility index (Phi) is 5.88. The predicted molar refractivity (Wildman–Crippen MR) is 118 cm³/mol. The van der Waals surface area contributed by atoms with E-state index in [9.17, 15) is 9.18 Å². The van der Waals surface area contributed by atoms with Crippen molar-refractivity contribution < 1.29 is 18.8 Å². The lowest BCUT2D eigenvalue weighted by Crippen LogP contribution is -2.54. The van der Waals surface area contributed by atoms with Gasteiger partial charge in [-0.3, -0.25) is 4.79 Å². The number of amides is 1. The van der Waals surface area contributed by atoms with Crippen LogP contribution in [0.15, 0.2) is 22.7 Å². The van der Waals surface area contributed by atoms with Gasteiger partial charge in [-0.05, 0) is 36.0 Å². The maximum absolute atomic E-state index is 14.6. The zero-order chi connectivity index (χ0) is 23.1. The Labute approximate surface area is 191 Å². The van der Waals surface area contributed by atoms with Crippen molar-refractivity contribution in [1.29, 1.82) is 0 Å². The molecule has 33 heavy (non-hydrogen) atoms. The molecule has 2 saturated heterocycles. The van der Waals surface area contributed by atoms with Gasteiger partial charge in [-0.1, -0.05) is 26.0 Å². The number of hydrogen-bond acceptors (Lipinski definition) is 7. The van der Waals surface area contributed by atoms with E-state index in [0.29, 0.717) is 29.7 Å². The molecule has 0 spiro atoms. The summed E-state index contributed by atoms with van der Waals surface area (Å²) in [5, 5.41) is 18.4. The van der Waals surface area contributed by atoms with Crippen molar-refractivity contribution in [2.24, 2.45) is 11.8 Å². The van der Waals surface area contributed by atoms with Crippen molar-refractivity contribution in [3.8, 4) is 5.95 Å². The third kappa shape index (κ3) is 4.24. The number of benzene rings is 1. The third-order valence-corrected chi connectivity index (χ3v) is 6.67. The molecular weight excluding hydrogens is 427 g/mol. The molecule has 1 N–H and O–H groups in total. The van der Waals surface area contributed by atoms with Gasteiger partial charge in [-0.25, -0.2) is 4.39 Å². The SMILES string of the molecule is CC(C)c1nn(-c2noc(CC3CCN(CC4CN(C(=O)CO)C4)C3)n2)c2c(F)cccc12. The Hall–Kier alpha value is -2.85. The minimum Gasteiger partial charge on any atom is -0.387 e. The Morgan fingerprint density at radius 2 is 2.09 bits per heavy atom. The van der Waals surface area contributed by atoms with Crippen LogP contribution >= 0.6 is 0 Å². The minimum atomic E-state index is -0.412. The summed E-state index contributed by atoms with van der Waals surface area (Å²) < 4.78 is 21.6. The van der Waals surface area contributed by atoms with Crippen LogP contribution in [-0.2, 0) is 11.2 Å². The van der Waals surface area contributed by atoms with Crippen LogP contribution in [0.5, 0.6) is 0 Å². The fourth-order valence-corrected chi connectivity index (χ4v) is 4.98. The zero-order valence-corrected chi connectivity index (χ0v) is 18.9. The average Bonchev–Trinajstić information content (AvgIpc) is 3.49. The lowest BCUT2D eigenvalue weighted by Gasteiger charge is -2.40. The lowest BCUT2D eigenvalue weighted by atomic mass is 9.99. The van der Waals surface area contributed by atoms with E-state index >= 15 is 0 Å². The number of halogens is 1. The molecule has 1 atom stereocenters. The first-order valence-electron chi connectivity index (χ1n) is 11.5. The number of aromatic nitrogens is 4. The van der Waals surface area contributed by atoms with Crippen molar-refractivity contribution in [2.45, 2.75) is 32.6 Å². The number of likely N-dealkylation sites (tertiary alicyclic amines) is 2. The number of carbonyl (C=O) groups excluding carboxylic acids is 1. The molecule has 2 aromatic heterocycles. The summed E-state index contributed by atoms with van der Waals surface area (Å²) in [6.45, 7) is 7.98. The summed E-state index contributed by atoms with van der Waals surface area (Å²) in [6.07, 6.45) is 1.71. The molecular formula is C23H29FN6O3. The Balaban J connectivity index is 1.23. The summed E-state index contributed by atoms with van der Waals surface area (Å²) in [6, 6.07) is 4.97. The fourth-order valence-electron chi connectivity index (χ4n) is 4.98. The second kappa shape index (κ2) is 8.83. The molecule has 2 aliphatic heterocycles. The van der Waals surface area contributed by atoms with Crippen LogP contribution in [0.4, 0.5) is 4.39 Å². The second-order valence-corrected chi connectivity index (χ2v) is 9.52. The largest absolute Gasteiger partial charge is 0.387 e. The number of aliphatic hydroxyl groups excluding tert-OH is 1. The maximum atomic E-state index is 14.6. The normalized spacial score (nSPS) is 19.7. The highest BCUT2D eigenvalue weighted by atomic mass is 19.1.